The fourth-order valence-corrected chi connectivity index (χ4v) is 3.47. The van der Waals surface area contributed by atoms with Crippen LogP contribution in [0.4, 0.5) is 4.39 Å². The van der Waals surface area contributed by atoms with Crippen molar-refractivity contribution in [3.05, 3.63) is 64.2 Å². The van der Waals surface area contributed by atoms with Crippen LogP contribution in [0.3, 0.4) is 0 Å². The van der Waals surface area contributed by atoms with E-state index < -0.39 is 5.82 Å². The lowest BCUT2D eigenvalue weighted by molar-refractivity contribution is 0.627. The van der Waals surface area contributed by atoms with Gasteiger partial charge in [-0.3, -0.25) is 9.36 Å². The summed E-state index contributed by atoms with van der Waals surface area (Å²) in [5.41, 5.74) is 3.46. The third-order valence-electron chi connectivity index (χ3n) is 4.54. The highest BCUT2D eigenvalue weighted by molar-refractivity contribution is 5.91. The number of aryl methyl sites for hydroxylation is 1. The quantitative estimate of drug-likeness (QED) is 0.542. The number of hydrogen-bond donors (Lipinski definition) is 1. The molecule has 0 fully saturated rings. The molecule has 1 aliphatic rings. The van der Waals surface area contributed by atoms with E-state index in [0.717, 1.165) is 17.6 Å². The summed E-state index contributed by atoms with van der Waals surface area (Å²) in [6.07, 6.45) is 0.759. The molecule has 0 spiro atoms. The average molecular weight is 305 g/mol. The van der Waals surface area contributed by atoms with Crippen LogP contribution >= 0.6 is 0 Å². The van der Waals surface area contributed by atoms with Crippen LogP contribution in [0.15, 0.2) is 47.3 Å². The predicted molar refractivity (Wildman–Crippen MR) is 87.0 cm³/mol. The van der Waals surface area contributed by atoms with Crippen LogP contribution in [0, 0.1) is 5.82 Å². The Hall–Kier alpha value is -2.95. The van der Waals surface area contributed by atoms with Crippen molar-refractivity contribution in [3.8, 4) is 11.5 Å². The van der Waals surface area contributed by atoms with E-state index in [4.69, 9.17) is 0 Å². The third kappa shape index (κ3) is 1.64. The first-order valence-corrected chi connectivity index (χ1v) is 7.52. The molecule has 4 aromatic rings. The van der Waals surface area contributed by atoms with Gasteiger partial charge in [-0.2, -0.15) is 0 Å². The number of benzene rings is 2. The molecule has 3 heterocycles. The van der Waals surface area contributed by atoms with Crippen LogP contribution in [0.1, 0.15) is 5.56 Å². The molecule has 112 valence electrons. The molecule has 0 aliphatic carbocycles. The van der Waals surface area contributed by atoms with Crippen molar-refractivity contribution in [3.63, 3.8) is 0 Å². The molecule has 0 atom stereocenters. The zero-order valence-electron chi connectivity index (χ0n) is 12.1. The van der Waals surface area contributed by atoms with Gasteiger partial charge in [-0.1, -0.05) is 18.2 Å². The molecule has 5 heteroatoms. The molecule has 23 heavy (non-hydrogen) atoms. The van der Waals surface area contributed by atoms with Crippen LogP contribution in [0.5, 0.6) is 0 Å². The first kappa shape index (κ1) is 12.6. The van der Waals surface area contributed by atoms with Gasteiger partial charge in [0.1, 0.15) is 5.82 Å². The molecule has 0 radical (unpaired) electrons. The smallest absolute Gasteiger partial charge is 0.261 e. The maximum absolute atomic E-state index is 13.4. The topological polar surface area (TPSA) is 50.7 Å². The van der Waals surface area contributed by atoms with E-state index >= 15 is 0 Å². The van der Waals surface area contributed by atoms with E-state index in [9.17, 15) is 9.18 Å². The van der Waals surface area contributed by atoms with Crippen LogP contribution in [0.25, 0.3) is 33.3 Å². The zero-order valence-corrected chi connectivity index (χ0v) is 12.1. The summed E-state index contributed by atoms with van der Waals surface area (Å²) in [6.45, 7) is 0.558. The van der Waals surface area contributed by atoms with Crippen molar-refractivity contribution in [1.29, 1.82) is 0 Å². The Morgan fingerprint density at radius 2 is 2.00 bits per heavy atom. The summed E-state index contributed by atoms with van der Waals surface area (Å²) in [6, 6.07) is 12.2. The molecule has 0 saturated heterocycles. The number of rotatable bonds is 0. The fraction of sp³-hybridized carbons (Fsp3) is 0.111. The highest BCUT2D eigenvalue weighted by Crippen LogP contribution is 2.33. The number of aromatic amines is 1. The Morgan fingerprint density at radius 3 is 2.91 bits per heavy atom. The second kappa shape index (κ2) is 4.29. The number of para-hydroxylation sites is 1. The van der Waals surface area contributed by atoms with Crippen LogP contribution in [0.2, 0.25) is 0 Å². The van der Waals surface area contributed by atoms with Crippen molar-refractivity contribution in [2.75, 3.05) is 0 Å². The van der Waals surface area contributed by atoms with Gasteiger partial charge in [0, 0.05) is 17.4 Å². The molecular weight excluding hydrogens is 293 g/mol. The van der Waals surface area contributed by atoms with Crippen molar-refractivity contribution in [2.45, 2.75) is 13.0 Å². The van der Waals surface area contributed by atoms with Gasteiger partial charge in [-0.05, 0) is 36.2 Å². The van der Waals surface area contributed by atoms with Crippen molar-refractivity contribution < 1.29 is 4.39 Å². The van der Waals surface area contributed by atoms with Crippen LogP contribution < -0.4 is 5.56 Å². The molecule has 0 saturated carbocycles. The van der Waals surface area contributed by atoms with Crippen molar-refractivity contribution >= 4 is 21.8 Å². The molecule has 1 N–H and O–H groups in total. The highest BCUT2D eigenvalue weighted by Gasteiger charge is 2.23. The SMILES string of the molecule is O=c1c2cc(F)ccc2nc2n1CCc1c-2[nH]c2ccccc12. The molecular formula is C18H12FN3O. The van der Waals surface area contributed by atoms with Gasteiger partial charge < -0.3 is 4.98 Å². The zero-order chi connectivity index (χ0) is 15.6. The molecule has 0 unspecified atom stereocenters. The number of hydrogen-bond acceptors (Lipinski definition) is 2. The lowest BCUT2D eigenvalue weighted by atomic mass is 10.0. The number of nitrogens with zero attached hydrogens (tertiary/aromatic N) is 2. The van der Waals surface area contributed by atoms with Gasteiger partial charge in [0.25, 0.3) is 5.56 Å². The van der Waals surface area contributed by atoms with E-state index in [-0.39, 0.29) is 5.56 Å². The highest BCUT2D eigenvalue weighted by atomic mass is 19.1. The molecule has 2 aromatic heterocycles. The summed E-state index contributed by atoms with van der Waals surface area (Å²) in [5, 5.41) is 1.50. The summed E-state index contributed by atoms with van der Waals surface area (Å²) < 4.78 is 15.1. The largest absolute Gasteiger partial charge is 0.352 e. The molecule has 5 rings (SSSR count). The van der Waals surface area contributed by atoms with Gasteiger partial charge in [-0.15, -0.1) is 0 Å². The first-order valence-electron chi connectivity index (χ1n) is 7.52. The Bertz CT molecular complexity index is 1160. The number of aromatic nitrogens is 3. The number of halogens is 1. The van der Waals surface area contributed by atoms with E-state index in [2.05, 4.69) is 16.0 Å². The molecule has 2 aromatic carbocycles. The molecule has 1 aliphatic heterocycles. The van der Waals surface area contributed by atoms with Crippen LogP contribution in [-0.2, 0) is 13.0 Å². The van der Waals surface area contributed by atoms with Crippen LogP contribution in [-0.4, -0.2) is 14.5 Å². The predicted octanol–water partition coefficient (Wildman–Crippen LogP) is 3.24. The molecule has 0 bridgehead atoms. The molecule has 0 amide bonds. The summed E-state index contributed by atoms with van der Waals surface area (Å²) in [5.74, 6) is 0.214. The minimum Gasteiger partial charge on any atom is -0.352 e. The average Bonchev–Trinajstić information content (AvgIpc) is 2.95. The summed E-state index contributed by atoms with van der Waals surface area (Å²) in [7, 11) is 0. The van der Waals surface area contributed by atoms with E-state index in [0.29, 0.717) is 23.3 Å². The fourth-order valence-electron chi connectivity index (χ4n) is 3.47. The lowest BCUT2D eigenvalue weighted by Crippen LogP contribution is -2.27. The lowest BCUT2D eigenvalue weighted by Gasteiger charge is -2.18. The number of H-pyrrole nitrogens is 1. The van der Waals surface area contributed by atoms with Crippen molar-refractivity contribution in [2.24, 2.45) is 0 Å². The Balaban J connectivity index is 1.90. The van der Waals surface area contributed by atoms with Gasteiger partial charge >= 0.3 is 0 Å². The number of fused-ring (bicyclic) bond motifs is 6. The Labute approximate surface area is 130 Å². The maximum Gasteiger partial charge on any atom is 0.261 e. The second-order valence-electron chi connectivity index (χ2n) is 5.83. The molecule has 4 nitrogen and oxygen atoms in total. The monoisotopic (exact) mass is 305 g/mol. The van der Waals surface area contributed by atoms with Gasteiger partial charge in [-0.25, -0.2) is 9.37 Å². The van der Waals surface area contributed by atoms with E-state index in [1.165, 1.54) is 23.1 Å². The first-order chi connectivity index (χ1) is 11.2. The van der Waals surface area contributed by atoms with Gasteiger partial charge in [0.05, 0.1) is 16.6 Å². The van der Waals surface area contributed by atoms with Crippen molar-refractivity contribution in [1.82, 2.24) is 14.5 Å². The van der Waals surface area contributed by atoms with E-state index in [1.807, 2.05) is 18.2 Å². The number of nitrogens with one attached hydrogen (secondary N) is 1. The van der Waals surface area contributed by atoms with Gasteiger partial charge in [0.15, 0.2) is 5.82 Å². The normalized spacial score (nSPS) is 13.3. The summed E-state index contributed by atoms with van der Waals surface area (Å²) in [4.78, 5) is 20.7. The third-order valence-corrected chi connectivity index (χ3v) is 4.54. The minimum absolute atomic E-state index is 0.186. The Kier molecular flexibility index (Phi) is 2.34. The maximum atomic E-state index is 13.4. The Morgan fingerprint density at radius 1 is 1.13 bits per heavy atom. The van der Waals surface area contributed by atoms with E-state index in [1.54, 1.807) is 10.6 Å². The summed E-state index contributed by atoms with van der Waals surface area (Å²) >= 11 is 0. The van der Waals surface area contributed by atoms with Gasteiger partial charge in [0.2, 0.25) is 0 Å². The minimum atomic E-state index is -0.418. The second-order valence-corrected chi connectivity index (χ2v) is 5.83. The standard InChI is InChI=1S/C18H12FN3O/c19-10-5-6-15-13(9-10)18(23)22-8-7-12-11-3-1-2-4-14(11)20-16(12)17(22)21-15/h1-6,9,20H,7-8H2.